The molecule has 1 aromatic carbocycles. The van der Waals surface area contributed by atoms with Crippen molar-refractivity contribution in [2.24, 2.45) is 5.92 Å². The molecule has 0 saturated carbocycles. The summed E-state index contributed by atoms with van der Waals surface area (Å²) >= 11 is 0. The van der Waals surface area contributed by atoms with Crippen LogP contribution in [-0.4, -0.2) is 24.8 Å². The van der Waals surface area contributed by atoms with Crippen LogP contribution >= 0.6 is 0 Å². The van der Waals surface area contributed by atoms with Gasteiger partial charge in [-0.15, -0.1) is 0 Å². The van der Waals surface area contributed by atoms with Crippen LogP contribution in [0.25, 0.3) is 11.3 Å². The quantitative estimate of drug-likeness (QED) is 0.139. The van der Waals surface area contributed by atoms with E-state index >= 15 is 0 Å². The van der Waals surface area contributed by atoms with Gasteiger partial charge < -0.3 is 14.2 Å². The van der Waals surface area contributed by atoms with Crippen LogP contribution in [0.3, 0.4) is 0 Å². The lowest BCUT2D eigenvalue weighted by Gasteiger charge is -2.29. The first-order chi connectivity index (χ1) is 20.1. The zero-order valence-electron chi connectivity index (χ0n) is 25.6. The molecule has 0 N–H and O–H groups in total. The third-order valence-electron chi connectivity index (χ3n) is 8.07. The second kappa shape index (κ2) is 20.0. The molecule has 0 spiro atoms. The van der Waals surface area contributed by atoms with Gasteiger partial charge in [-0.1, -0.05) is 116 Å². The fourth-order valence-electron chi connectivity index (χ4n) is 5.43. The van der Waals surface area contributed by atoms with Gasteiger partial charge in [0.15, 0.2) is 17.9 Å². The van der Waals surface area contributed by atoms with Crippen LogP contribution in [0, 0.1) is 17.6 Å². The Morgan fingerprint density at radius 1 is 0.707 bits per heavy atom. The summed E-state index contributed by atoms with van der Waals surface area (Å²) in [5.74, 6) is -1.53. The number of benzene rings is 1. The van der Waals surface area contributed by atoms with Crippen molar-refractivity contribution in [3.05, 3.63) is 47.7 Å². The molecule has 0 radical (unpaired) electrons. The highest BCUT2D eigenvalue weighted by molar-refractivity contribution is 5.61. The fourth-order valence-corrected chi connectivity index (χ4v) is 5.43. The number of rotatable bonds is 21. The SMILES string of the molecule is CCCCCCCCCCCC[C@H]1CO[C@H](c2ccc(-c3ccc(OCCCCCCCC)c(F)c3F)nc2)OC1. The molecule has 41 heavy (non-hydrogen) atoms. The average molecular weight is 574 g/mol. The minimum Gasteiger partial charge on any atom is -0.490 e. The number of aromatic nitrogens is 1. The number of unbranched alkanes of at least 4 members (excludes halogenated alkanes) is 14. The van der Waals surface area contributed by atoms with Gasteiger partial charge in [-0.2, -0.15) is 4.39 Å². The third kappa shape index (κ3) is 12.0. The number of nitrogens with zero attached hydrogens (tertiary/aromatic N) is 1. The highest BCUT2D eigenvalue weighted by Gasteiger charge is 2.24. The smallest absolute Gasteiger partial charge is 0.201 e. The van der Waals surface area contributed by atoms with Gasteiger partial charge >= 0.3 is 0 Å². The Morgan fingerprint density at radius 2 is 1.29 bits per heavy atom. The van der Waals surface area contributed by atoms with Crippen molar-refractivity contribution in [2.75, 3.05) is 19.8 Å². The van der Waals surface area contributed by atoms with E-state index in [4.69, 9.17) is 14.2 Å². The van der Waals surface area contributed by atoms with E-state index in [0.717, 1.165) is 31.2 Å². The minimum atomic E-state index is -0.966. The van der Waals surface area contributed by atoms with Crippen molar-refractivity contribution in [3.63, 3.8) is 0 Å². The molecule has 1 fully saturated rings. The summed E-state index contributed by atoms with van der Waals surface area (Å²) in [7, 11) is 0. The fraction of sp³-hybridized carbons (Fsp3) is 0.686. The van der Waals surface area contributed by atoms with Crippen molar-refractivity contribution < 1.29 is 23.0 Å². The molecule has 1 aliphatic rings. The van der Waals surface area contributed by atoms with E-state index in [0.29, 0.717) is 31.4 Å². The second-order valence-corrected chi connectivity index (χ2v) is 11.7. The number of halogens is 2. The van der Waals surface area contributed by atoms with E-state index in [1.54, 1.807) is 12.3 Å². The molecule has 0 amide bonds. The maximum Gasteiger partial charge on any atom is 0.201 e. The van der Waals surface area contributed by atoms with E-state index in [1.807, 2.05) is 6.07 Å². The van der Waals surface area contributed by atoms with E-state index in [9.17, 15) is 8.78 Å². The molecule has 0 bridgehead atoms. The summed E-state index contributed by atoms with van der Waals surface area (Å²) in [6.07, 6.45) is 22.3. The largest absolute Gasteiger partial charge is 0.490 e. The summed E-state index contributed by atoms with van der Waals surface area (Å²) in [5.41, 5.74) is 1.26. The van der Waals surface area contributed by atoms with Crippen LogP contribution in [0.2, 0.25) is 0 Å². The number of ether oxygens (including phenoxy) is 3. The van der Waals surface area contributed by atoms with Gasteiger partial charge in [-0.3, -0.25) is 4.98 Å². The summed E-state index contributed by atoms with van der Waals surface area (Å²) in [6, 6.07) is 6.52. The Bertz CT molecular complexity index is 961. The van der Waals surface area contributed by atoms with Gasteiger partial charge in [-0.05, 0) is 31.0 Å². The summed E-state index contributed by atoms with van der Waals surface area (Å²) < 4.78 is 47.0. The zero-order valence-corrected chi connectivity index (χ0v) is 25.6. The van der Waals surface area contributed by atoms with E-state index < -0.39 is 17.9 Å². The molecule has 1 aromatic heterocycles. The minimum absolute atomic E-state index is 0.0483. The summed E-state index contributed by atoms with van der Waals surface area (Å²) in [5, 5.41) is 0. The third-order valence-corrected chi connectivity index (χ3v) is 8.07. The lowest BCUT2D eigenvalue weighted by Crippen LogP contribution is -2.27. The molecule has 1 aliphatic heterocycles. The normalized spacial score (nSPS) is 17.2. The molecular weight excluding hydrogens is 520 g/mol. The first kappa shape index (κ1) is 33.5. The lowest BCUT2D eigenvalue weighted by atomic mass is 10.0. The highest BCUT2D eigenvalue weighted by Crippen LogP contribution is 2.31. The maximum absolute atomic E-state index is 14.9. The topological polar surface area (TPSA) is 40.6 Å². The molecule has 4 nitrogen and oxygen atoms in total. The standard InChI is InChI=1S/C35H53F2NO3/c1-3-5-7-9-11-12-13-14-15-17-19-28-26-40-35(41-27-28)29-20-22-31(38-25-29)30-21-23-32(34(37)33(30)36)39-24-18-16-10-8-6-4-2/h20-23,25,28,35H,3-19,24,26-27H2,1-2H3/t28-,35-. The monoisotopic (exact) mass is 573 g/mol. The first-order valence-corrected chi connectivity index (χ1v) is 16.4. The average Bonchev–Trinajstić information content (AvgIpc) is 3.00. The second-order valence-electron chi connectivity index (χ2n) is 11.7. The number of hydrogen-bond donors (Lipinski definition) is 0. The van der Waals surface area contributed by atoms with Crippen LogP contribution < -0.4 is 4.74 Å². The number of hydrogen-bond acceptors (Lipinski definition) is 4. The highest BCUT2D eigenvalue weighted by atomic mass is 19.2. The molecule has 0 unspecified atom stereocenters. The Kier molecular flexibility index (Phi) is 16.3. The predicted molar refractivity (Wildman–Crippen MR) is 163 cm³/mol. The van der Waals surface area contributed by atoms with E-state index in [1.165, 1.54) is 95.6 Å². The molecule has 6 heteroatoms. The van der Waals surface area contributed by atoms with Gasteiger partial charge in [0.1, 0.15) is 0 Å². The van der Waals surface area contributed by atoms with E-state index in [2.05, 4.69) is 18.8 Å². The Hall–Kier alpha value is -2.05. The van der Waals surface area contributed by atoms with Crippen molar-refractivity contribution in [3.8, 4) is 17.0 Å². The van der Waals surface area contributed by atoms with Crippen molar-refractivity contribution in [2.45, 2.75) is 129 Å². The molecule has 2 heterocycles. The van der Waals surface area contributed by atoms with Gasteiger partial charge in [0, 0.05) is 23.2 Å². The van der Waals surface area contributed by atoms with Gasteiger partial charge in [0.05, 0.1) is 25.5 Å². The van der Waals surface area contributed by atoms with Crippen LogP contribution in [0.4, 0.5) is 8.78 Å². The van der Waals surface area contributed by atoms with E-state index in [-0.39, 0.29) is 11.3 Å². The van der Waals surface area contributed by atoms with Crippen LogP contribution in [-0.2, 0) is 9.47 Å². The Morgan fingerprint density at radius 3 is 1.88 bits per heavy atom. The summed E-state index contributed by atoms with van der Waals surface area (Å²) in [4.78, 5) is 4.38. The molecule has 0 aliphatic carbocycles. The van der Waals surface area contributed by atoms with Gasteiger partial charge in [-0.25, -0.2) is 4.39 Å². The van der Waals surface area contributed by atoms with Crippen LogP contribution in [0.15, 0.2) is 30.5 Å². The van der Waals surface area contributed by atoms with Crippen molar-refractivity contribution in [1.29, 1.82) is 0 Å². The Balaban J connectivity index is 1.35. The molecule has 230 valence electrons. The molecular formula is C35H53F2NO3. The van der Waals surface area contributed by atoms with Gasteiger partial charge in [0.2, 0.25) is 5.82 Å². The van der Waals surface area contributed by atoms with Crippen LogP contribution in [0.5, 0.6) is 5.75 Å². The predicted octanol–water partition coefficient (Wildman–Crippen LogP) is 10.7. The molecule has 3 rings (SSSR count). The lowest BCUT2D eigenvalue weighted by molar-refractivity contribution is -0.206. The van der Waals surface area contributed by atoms with Crippen LogP contribution in [0.1, 0.15) is 135 Å². The molecule has 1 saturated heterocycles. The number of pyridine rings is 1. The molecule has 0 atom stereocenters. The van der Waals surface area contributed by atoms with Gasteiger partial charge in [0.25, 0.3) is 0 Å². The summed E-state index contributed by atoms with van der Waals surface area (Å²) in [6.45, 7) is 6.17. The Labute approximate surface area is 247 Å². The first-order valence-electron chi connectivity index (χ1n) is 16.4. The molecule has 2 aromatic rings. The van der Waals surface area contributed by atoms with Crippen molar-refractivity contribution >= 4 is 0 Å². The zero-order chi connectivity index (χ0) is 29.1. The maximum atomic E-state index is 14.9. The van der Waals surface area contributed by atoms with Crippen molar-refractivity contribution in [1.82, 2.24) is 4.98 Å².